The average molecular weight is 191 g/mol. The number of hydrogen-bond donors (Lipinski definition) is 0. The van der Waals surface area contributed by atoms with Crippen molar-refractivity contribution in [3.05, 3.63) is 23.0 Å². The van der Waals surface area contributed by atoms with Crippen molar-refractivity contribution in [1.29, 1.82) is 0 Å². The summed E-state index contributed by atoms with van der Waals surface area (Å²) in [6, 6.07) is 2.23. The van der Waals surface area contributed by atoms with Gasteiger partial charge < -0.3 is 4.57 Å². The van der Waals surface area contributed by atoms with Crippen LogP contribution in [0.15, 0.2) is 6.07 Å². The molecule has 0 N–H and O–H groups in total. The zero-order chi connectivity index (χ0) is 10.3. The first-order chi connectivity index (χ1) is 6.59. The van der Waals surface area contributed by atoms with Gasteiger partial charge in [-0.2, -0.15) is 0 Å². The van der Waals surface area contributed by atoms with Crippen LogP contribution in [0.3, 0.4) is 0 Å². The van der Waals surface area contributed by atoms with Gasteiger partial charge in [0.1, 0.15) is 5.78 Å². The summed E-state index contributed by atoms with van der Waals surface area (Å²) in [5.74, 6) is 0.601. The van der Waals surface area contributed by atoms with E-state index in [4.69, 9.17) is 0 Å². The van der Waals surface area contributed by atoms with Crippen LogP contribution in [0.4, 0.5) is 0 Å². The largest absolute Gasteiger partial charge is 0.349 e. The minimum absolute atomic E-state index is 0.260. The van der Waals surface area contributed by atoms with E-state index in [-0.39, 0.29) is 5.92 Å². The summed E-state index contributed by atoms with van der Waals surface area (Å²) >= 11 is 0. The third kappa shape index (κ3) is 1.39. The number of Topliss-reactive ketones (excluding diaryl/α,β-unsaturated/α-hetero) is 1. The SMILES string of the molecule is CC(=O)C1CCn2c(cc(C)c2C)C1. The molecule has 1 aromatic rings. The highest BCUT2D eigenvalue weighted by atomic mass is 16.1. The molecule has 1 atom stereocenters. The Hall–Kier alpha value is -1.05. The van der Waals surface area contributed by atoms with Gasteiger partial charge in [-0.05, 0) is 45.2 Å². The van der Waals surface area contributed by atoms with Gasteiger partial charge in [0, 0.05) is 23.9 Å². The molecule has 76 valence electrons. The zero-order valence-electron chi connectivity index (χ0n) is 9.13. The summed E-state index contributed by atoms with van der Waals surface area (Å²) in [6.07, 6.45) is 1.95. The first-order valence-corrected chi connectivity index (χ1v) is 5.25. The molecule has 0 saturated heterocycles. The summed E-state index contributed by atoms with van der Waals surface area (Å²) in [6.45, 7) is 7.03. The third-order valence-corrected chi connectivity index (χ3v) is 3.44. The molecular weight excluding hydrogens is 174 g/mol. The van der Waals surface area contributed by atoms with E-state index in [0.717, 1.165) is 19.4 Å². The molecule has 1 aliphatic heterocycles. The zero-order valence-corrected chi connectivity index (χ0v) is 9.13. The number of ketones is 1. The van der Waals surface area contributed by atoms with Gasteiger partial charge >= 0.3 is 0 Å². The van der Waals surface area contributed by atoms with Crippen molar-refractivity contribution in [2.45, 2.75) is 40.2 Å². The van der Waals surface area contributed by atoms with Gasteiger partial charge in [0.15, 0.2) is 0 Å². The highest BCUT2D eigenvalue weighted by Gasteiger charge is 2.23. The number of carbonyl (C=O) groups excluding carboxylic acids is 1. The first-order valence-electron chi connectivity index (χ1n) is 5.25. The maximum Gasteiger partial charge on any atom is 0.133 e. The van der Waals surface area contributed by atoms with E-state index in [9.17, 15) is 4.79 Å². The normalized spacial score (nSPS) is 20.6. The third-order valence-electron chi connectivity index (χ3n) is 3.44. The van der Waals surface area contributed by atoms with Crippen molar-refractivity contribution in [3.8, 4) is 0 Å². The Morgan fingerprint density at radius 1 is 1.50 bits per heavy atom. The number of fused-ring (bicyclic) bond motifs is 1. The van der Waals surface area contributed by atoms with Crippen molar-refractivity contribution >= 4 is 5.78 Å². The van der Waals surface area contributed by atoms with Gasteiger partial charge in [-0.25, -0.2) is 0 Å². The lowest BCUT2D eigenvalue weighted by Gasteiger charge is -2.23. The number of aryl methyl sites for hydroxylation is 1. The quantitative estimate of drug-likeness (QED) is 0.667. The summed E-state index contributed by atoms with van der Waals surface area (Å²) in [7, 11) is 0. The van der Waals surface area contributed by atoms with Gasteiger partial charge in [-0.1, -0.05) is 0 Å². The van der Waals surface area contributed by atoms with Gasteiger partial charge in [0.2, 0.25) is 0 Å². The molecule has 0 saturated carbocycles. The number of rotatable bonds is 1. The van der Waals surface area contributed by atoms with Crippen molar-refractivity contribution in [1.82, 2.24) is 4.57 Å². The second-order valence-electron chi connectivity index (χ2n) is 4.36. The van der Waals surface area contributed by atoms with Crippen molar-refractivity contribution in [2.24, 2.45) is 5.92 Å². The predicted molar refractivity (Wildman–Crippen MR) is 56.4 cm³/mol. The Bertz CT molecular complexity index is 376. The fourth-order valence-electron chi connectivity index (χ4n) is 2.33. The Morgan fingerprint density at radius 3 is 2.86 bits per heavy atom. The van der Waals surface area contributed by atoms with Crippen LogP contribution in [0.2, 0.25) is 0 Å². The molecule has 0 spiro atoms. The maximum atomic E-state index is 11.3. The molecule has 1 aliphatic rings. The maximum absolute atomic E-state index is 11.3. The number of hydrogen-bond acceptors (Lipinski definition) is 1. The van der Waals surface area contributed by atoms with Gasteiger partial charge in [-0.15, -0.1) is 0 Å². The molecule has 0 aliphatic carbocycles. The van der Waals surface area contributed by atoms with E-state index in [1.807, 2.05) is 0 Å². The van der Waals surface area contributed by atoms with E-state index in [1.54, 1.807) is 6.92 Å². The minimum atomic E-state index is 0.260. The van der Waals surface area contributed by atoms with Crippen LogP contribution in [0.5, 0.6) is 0 Å². The predicted octanol–water partition coefficient (Wildman–Crippen LogP) is 2.26. The van der Waals surface area contributed by atoms with Crippen LogP contribution in [-0.4, -0.2) is 10.4 Å². The molecule has 0 bridgehead atoms. The fraction of sp³-hybridized carbons (Fsp3) is 0.583. The van der Waals surface area contributed by atoms with Crippen LogP contribution in [0, 0.1) is 19.8 Å². The second-order valence-corrected chi connectivity index (χ2v) is 4.36. The highest BCUT2D eigenvalue weighted by molar-refractivity contribution is 5.78. The Balaban J connectivity index is 2.31. The van der Waals surface area contributed by atoms with E-state index in [2.05, 4.69) is 24.5 Å². The number of carbonyl (C=O) groups is 1. The second kappa shape index (κ2) is 3.26. The molecule has 0 aromatic carbocycles. The molecule has 0 radical (unpaired) electrons. The lowest BCUT2D eigenvalue weighted by molar-refractivity contribution is -0.121. The molecular formula is C12H17NO. The van der Waals surface area contributed by atoms with E-state index in [1.165, 1.54) is 17.0 Å². The fourth-order valence-corrected chi connectivity index (χ4v) is 2.33. The van der Waals surface area contributed by atoms with Crippen LogP contribution in [-0.2, 0) is 17.8 Å². The summed E-state index contributed by atoms with van der Waals surface area (Å²) in [5.41, 5.74) is 4.05. The lowest BCUT2D eigenvalue weighted by Crippen LogP contribution is -2.24. The summed E-state index contributed by atoms with van der Waals surface area (Å²) < 4.78 is 2.36. The number of aromatic nitrogens is 1. The monoisotopic (exact) mass is 191 g/mol. The highest BCUT2D eigenvalue weighted by Crippen LogP contribution is 2.25. The van der Waals surface area contributed by atoms with Crippen LogP contribution in [0.1, 0.15) is 30.3 Å². The standard InChI is InChI=1S/C12H17NO/c1-8-6-12-7-11(10(3)14)4-5-13(12)9(8)2/h6,11H,4-5,7H2,1-3H3. The van der Waals surface area contributed by atoms with Gasteiger partial charge in [0.25, 0.3) is 0 Å². The molecule has 2 rings (SSSR count). The van der Waals surface area contributed by atoms with Gasteiger partial charge in [0.05, 0.1) is 0 Å². The molecule has 1 unspecified atom stereocenters. The minimum Gasteiger partial charge on any atom is -0.349 e. The molecule has 14 heavy (non-hydrogen) atoms. The topological polar surface area (TPSA) is 22.0 Å². The Kier molecular flexibility index (Phi) is 2.22. The molecule has 2 nitrogen and oxygen atoms in total. The van der Waals surface area contributed by atoms with Crippen molar-refractivity contribution < 1.29 is 4.79 Å². The van der Waals surface area contributed by atoms with E-state index >= 15 is 0 Å². The molecule has 0 fully saturated rings. The van der Waals surface area contributed by atoms with E-state index in [0.29, 0.717) is 5.78 Å². The Labute approximate surface area is 84.9 Å². The molecule has 2 heteroatoms. The van der Waals surface area contributed by atoms with Crippen molar-refractivity contribution in [2.75, 3.05) is 0 Å². The molecule has 0 amide bonds. The first kappa shape index (κ1) is 9.50. The van der Waals surface area contributed by atoms with Gasteiger partial charge in [-0.3, -0.25) is 4.79 Å². The Morgan fingerprint density at radius 2 is 2.21 bits per heavy atom. The number of nitrogens with zero attached hydrogens (tertiary/aromatic N) is 1. The summed E-state index contributed by atoms with van der Waals surface area (Å²) in [4.78, 5) is 11.3. The van der Waals surface area contributed by atoms with Crippen LogP contribution < -0.4 is 0 Å². The van der Waals surface area contributed by atoms with Crippen molar-refractivity contribution in [3.63, 3.8) is 0 Å². The average Bonchev–Trinajstić information content (AvgIpc) is 2.42. The smallest absolute Gasteiger partial charge is 0.133 e. The molecule has 2 heterocycles. The van der Waals surface area contributed by atoms with E-state index < -0.39 is 0 Å². The van der Waals surface area contributed by atoms with Crippen LogP contribution >= 0.6 is 0 Å². The summed E-state index contributed by atoms with van der Waals surface area (Å²) in [5, 5.41) is 0. The lowest BCUT2D eigenvalue weighted by atomic mass is 9.93. The molecule has 1 aromatic heterocycles. The van der Waals surface area contributed by atoms with Crippen LogP contribution in [0.25, 0.3) is 0 Å².